The molecule has 1 aliphatic heterocycles. The van der Waals surface area contributed by atoms with Crippen molar-refractivity contribution in [3.05, 3.63) is 17.3 Å². The van der Waals surface area contributed by atoms with Gasteiger partial charge in [0.15, 0.2) is 0 Å². The molecule has 1 atom stereocenters. The van der Waals surface area contributed by atoms with Crippen LogP contribution in [0.15, 0.2) is 12.4 Å². The summed E-state index contributed by atoms with van der Waals surface area (Å²) >= 11 is 5.90. The molecule has 2 aromatic heterocycles. The highest BCUT2D eigenvalue weighted by Gasteiger charge is 2.15. The van der Waals surface area contributed by atoms with Crippen LogP contribution in [0.5, 0.6) is 0 Å². The summed E-state index contributed by atoms with van der Waals surface area (Å²) in [5.74, 6) is 4.81. The molecule has 0 amide bonds. The largest absolute Gasteiger partial charge is 0.368 e. The van der Waals surface area contributed by atoms with E-state index in [0.29, 0.717) is 5.25 Å². The maximum absolute atomic E-state index is 4.41. The van der Waals surface area contributed by atoms with E-state index in [1.54, 1.807) is 17.7 Å². The number of aryl methyl sites for hydroxylation is 1. The average molecular weight is 312 g/mol. The highest BCUT2D eigenvalue weighted by molar-refractivity contribution is 8.06. The van der Waals surface area contributed by atoms with Gasteiger partial charge in [-0.15, -0.1) is 11.3 Å². The van der Waals surface area contributed by atoms with Crippen LogP contribution in [0.25, 0.3) is 10.2 Å². The molecule has 1 N–H and O–H groups in total. The molecule has 0 aromatic carbocycles. The van der Waals surface area contributed by atoms with Crippen LogP contribution in [0.2, 0.25) is 0 Å². The Morgan fingerprint density at radius 3 is 3.11 bits per heavy atom. The van der Waals surface area contributed by atoms with Gasteiger partial charge in [-0.3, -0.25) is 0 Å². The third-order valence-electron chi connectivity index (χ3n) is 3.11. The van der Waals surface area contributed by atoms with Gasteiger partial charge in [-0.25, -0.2) is 9.97 Å². The second kappa shape index (κ2) is 6.33. The Balaban J connectivity index is 1.74. The van der Waals surface area contributed by atoms with Crippen molar-refractivity contribution in [2.24, 2.45) is 0 Å². The van der Waals surface area contributed by atoms with Gasteiger partial charge in [0.05, 0.1) is 5.39 Å². The summed E-state index contributed by atoms with van der Waals surface area (Å²) in [6, 6.07) is 2.23. The van der Waals surface area contributed by atoms with Gasteiger partial charge in [0.25, 0.3) is 0 Å². The first-order valence-corrected chi connectivity index (χ1v) is 9.55. The SMILES string of the molecule is CCc1cc2c(NCC3CSCCS3)ncnc2s1. The van der Waals surface area contributed by atoms with E-state index >= 15 is 0 Å². The summed E-state index contributed by atoms with van der Waals surface area (Å²) in [7, 11) is 0. The van der Waals surface area contributed by atoms with E-state index in [4.69, 9.17) is 0 Å². The number of anilines is 1. The fourth-order valence-electron chi connectivity index (χ4n) is 2.09. The van der Waals surface area contributed by atoms with Crippen LogP contribution in [-0.2, 0) is 6.42 Å². The Bertz CT molecular complexity index is 549. The second-order valence-electron chi connectivity index (χ2n) is 4.46. The lowest BCUT2D eigenvalue weighted by Gasteiger charge is -2.21. The zero-order chi connectivity index (χ0) is 13.1. The molecule has 3 rings (SSSR count). The number of fused-ring (bicyclic) bond motifs is 1. The number of rotatable bonds is 4. The van der Waals surface area contributed by atoms with E-state index in [1.807, 2.05) is 0 Å². The van der Waals surface area contributed by atoms with E-state index in [0.717, 1.165) is 23.6 Å². The lowest BCUT2D eigenvalue weighted by molar-refractivity contribution is 0.993. The van der Waals surface area contributed by atoms with Gasteiger partial charge in [0.2, 0.25) is 0 Å². The molecule has 0 saturated carbocycles. The molecule has 1 saturated heterocycles. The van der Waals surface area contributed by atoms with Crippen molar-refractivity contribution in [3.8, 4) is 0 Å². The number of hydrogen-bond donors (Lipinski definition) is 1. The number of hydrogen-bond acceptors (Lipinski definition) is 6. The molecule has 102 valence electrons. The van der Waals surface area contributed by atoms with Gasteiger partial charge >= 0.3 is 0 Å². The fourth-order valence-corrected chi connectivity index (χ4v) is 5.63. The highest BCUT2D eigenvalue weighted by Crippen LogP contribution is 2.29. The van der Waals surface area contributed by atoms with Gasteiger partial charge < -0.3 is 5.32 Å². The van der Waals surface area contributed by atoms with Gasteiger partial charge in [0, 0.05) is 33.9 Å². The molecular formula is C13H17N3S3. The minimum atomic E-state index is 0.702. The van der Waals surface area contributed by atoms with Crippen molar-refractivity contribution in [1.29, 1.82) is 0 Å². The quantitative estimate of drug-likeness (QED) is 0.935. The number of nitrogens with one attached hydrogen (secondary N) is 1. The fraction of sp³-hybridized carbons (Fsp3) is 0.538. The number of thiophene rings is 1. The standard InChI is InChI=1S/C13H17N3S3/c1-2-9-5-11-12(15-8-16-13(11)19-9)14-6-10-7-17-3-4-18-10/h5,8,10H,2-4,6-7H2,1H3,(H,14,15,16). The predicted molar refractivity (Wildman–Crippen MR) is 88.9 cm³/mol. The molecule has 19 heavy (non-hydrogen) atoms. The number of nitrogens with zero attached hydrogens (tertiary/aromatic N) is 2. The smallest absolute Gasteiger partial charge is 0.138 e. The Morgan fingerprint density at radius 1 is 1.37 bits per heavy atom. The van der Waals surface area contributed by atoms with Crippen LogP contribution < -0.4 is 5.32 Å². The lowest BCUT2D eigenvalue weighted by atomic mass is 10.3. The summed E-state index contributed by atoms with van der Waals surface area (Å²) in [6.45, 7) is 3.18. The van der Waals surface area contributed by atoms with E-state index in [9.17, 15) is 0 Å². The average Bonchev–Trinajstić information content (AvgIpc) is 2.90. The molecule has 3 heterocycles. The molecule has 0 aliphatic carbocycles. The van der Waals surface area contributed by atoms with Gasteiger partial charge in [0.1, 0.15) is 17.0 Å². The third kappa shape index (κ3) is 3.17. The van der Waals surface area contributed by atoms with Crippen molar-refractivity contribution >= 4 is 50.9 Å². The van der Waals surface area contributed by atoms with Crippen LogP contribution in [-0.4, -0.2) is 39.0 Å². The first-order chi connectivity index (χ1) is 9.36. The normalized spacial score (nSPS) is 19.7. The van der Waals surface area contributed by atoms with Gasteiger partial charge in [-0.1, -0.05) is 6.92 Å². The van der Waals surface area contributed by atoms with Crippen LogP contribution in [0, 0.1) is 0 Å². The maximum Gasteiger partial charge on any atom is 0.138 e. The minimum Gasteiger partial charge on any atom is -0.368 e. The zero-order valence-corrected chi connectivity index (χ0v) is 13.3. The molecular weight excluding hydrogens is 294 g/mol. The third-order valence-corrected chi connectivity index (χ3v) is 7.14. The van der Waals surface area contributed by atoms with Crippen molar-refractivity contribution in [3.63, 3.8) is 0 Å². The van der Waals surface area contributed by atoms with Gasteiger partial charge in [-0.05, 0) is 12.5 Å². The van der Waals surface area contributed by atoms with E-state index in [2.05, 4.69) is 51.8 Å². The molecule has 1 fully saturated rings. The van der Waals surface area contributed by atoms with Crippen molar-refractivity contribution in [2.75, 3.05) is 29.1 Å². The molecule has 0 radical (unpaired) electrons. The zero-order valence-electron chi connectivity index (χ0n) is 10.9. The Hall–Kier alpha value is -0.460. The summed E-state index contributed by atoms with van der Waals surface area (Å²) in [4.78, 5) is 11.2. The van der Waals surface area contributed by atoms with Crippen LogP contribution in [0.4, 0.5) is 5.82 Å². The molecule has 2 aromatic rings. The Kier molecular flexibility index (Phi) is 4.50. The first kappa shape index (κ1) is 13.5. The highest BCUT2D eigenvalue weighted by atomic mass is 32.2. The first-order valence-electron chi connectivity index (χ1n) is 6.53. The van der Waals surface area contributed by atoms with E-state index < -0.39 is 0 Å². The maximum atomic E-state index is 4.41. The minimum absolute atomic E-state index is 0.702. The number of thioether (sulfide) groups is 2. The van der Waals surface area contributed by atoms with E-state index in [1.165, 1.54) is 27.5 Å². The molecule has 6 heteroatoms. The summed E-state index contributed by atoms with van der Waals surface area (Å²) in [5.41, 5.74) is 0. The predicted octanol–water partition coefficient (Wildman–Crippen LogP) is 3.51. The van der Waals surface area contributed by atoms with Crippen LogP contribution >= 0.6 is 34.9 Å². The van der Waals surface area contributed by atoms with Crippen molar-refractivity contribution in [2.45, 2.75) is 18.6 Å². The second-order valence-corrected chi connectivity index (χ2v) is 8.13. The van der Waals surface area contributed by atoms with Crippen molar-refractivity contribution < 1.29 is 0 Å². The molecule has 0 bridgehead atoms. The monoisotopic (exact) mass is 311 g/mol. The van der Waals surface area contributed by atoms with Crippen LogP contribution in [0.3, 0.4) is 0 Å². The molecule has 3 nitrogen and oxygen atoms in total. The summed E-state index contributed by atoms with van der Waals surface area (Å²) < 4.78 is 0. The Morgan fingerprint density at radius 2 is 2.32 bits per heavy atom. The molecule has 1 unspecified atom stereocenters. The molecule has 0 spiro atoms. The topological polar surface area (TPSA) is 37.8 Å². The van der Waals surface area contributed by atoms with Crippen molar-refractivity contribution in [1.82, 2.24) is 9.97 Å². The summed E-state index contributed by atoms with van der Waals surface area (Å²) in [6.07, 6.45) is 2.74. The lowest BCUT2D eigenvalue weighted by Crippen LogP contribution is -2.23. The number of aromatic nitrogens is 2. The van der Waals surface area contributed by atoms with Crippen LogP contribution in [0.1, 0.15) is 11.8 Å². The molecule has 1 aliphatic rings. The Labute approximate surface area is 126 Å². The summed E-state index contributed by atoms with van der Waals surface area (Å²) in [5, 5.41) is 5.40. The van der Waals surface area contributed by atoms with Gasteiger partial charge in [-0.2, -0.15) is 23.5 Å². The van der Waals surface area contributed by atoms with E-state index in [-0.39, 0.29) is 0 Å².